The first-order valence-electron chi connectivity index (χ1n) is 8.99. The van der Waals surface area contributed by atoms with E-state index in [1.54, 1.807) is 11.8 Å². The molecule has 4 aromatic rings. The van der Waals surface area contributed by atoms with E-state index < -0.39 is 0 Å². The maximum absolute atomic E-state index is 5.59. The van der Waals surface area contributed by atoms with E-state index in [1.165, 1.54) is 0 Å². The summed E-state index contributed by atoms with van der Waals surface area (Å²) in [5.74, 6) is 1.69. The summed E-state index contributed by atoms with van der Waals surface area (Å²) in [6.07, 6.45) is 3.69. The molecule has 0 aliphatic carbocycles. The van der Waals surface area contributed by atoms with Gasteiger partial charge in [0.05, 0.1) is 24.2 Å². The smallest absolute Gasteiger partial charge is 0.121 e. The fraction of sp³-hybridized carbons (Fsp3) is 0.182. The summed E-state index contributed by atoms with van der Waals surface area (Å²) in [5, 5.41) is 2.23. The van der Waals surface area contributed by atoms with E-state index >= 15 is 0 Å². The maximum atomic E-state index is 5.59. The fourth-order valence-corrected chi connectivity index (χ4v) is 4.07. The molecule has 0 unspecified atom stereocenters. The number of rotatable bonds is 6. The van der Waals surface area contributed by atoms with Gasteiger partial charge < -0.3 is 9.47 Å². The van der Waals surface area contributed by atoms with Crippen molar-refractivity contribution in [1.82, 2.24) is 9.97 Å². The lowest BCUT2D eigenvalue weighted by Crippen LogP contribution is -1.92. The van der Waals surface area contributed by atoms with Crippen molar-refractivity contribution in [2.45, 2.75) is 23.6 Å². The molecule has 136 valence electrons. The molecule has 0 saturated heterocycles. The fourth-order valence-electron chi connectivity index (χ4n) is 3.01. The van der Waals surface area contributed by atoms with E-state index in [-0.39, 0.29) is 0 Å². The van der Waals surface area contributed by atoms with Crippen LogP contribution in [0.1, 0.15) is 13.8 Å². The monoisotopic (exact) mass is 376 g/mol. The topological polar surface area (TPSA) is 44.2 Å². The quantitative estimate of drug-likeness (QED) is 0.430. The molecule has 27 heavy (non-hydrogen) atoms. The Morgan fingerprint density at radius 3 is 1.63 bits per heavy atom. The van der Waals surface area contributed by atoms with Crippen molar-refractivity contribution in [2.75, 3.05) is 13.2 Å². The van der Waals surface area contributed by atoms with Gasteiger partial charge in [0.15, 0.2) is 0 Å². The van der Waals surface area contributed by atoms with Gasteiger partial charge in [-0.1, -0.05) is 11.8 Å². The zero-order valence-electron chi connectivity index (χ0n) is 15.3. The second-order valence-electron chi connectivity index (χ2n) is 5.94. The number of fused-ring (bicyclic) bond motifs is 2. The average molecular weight is 376 g/mol. The molecular weight excluding hydrogens is 356 g/mol. The van der Waals surface area contributed by atoms with E-state index in [9.17, 15) is 0 Å². The summed E-state index contributed by atoms with van der Waals surface area (Å²) in [4.78, 5) is 11.3. The van der Waals surface area contributed by atoms with Crippen LogP contribution in [0, 0.1) is 0 Å². The Kier molecular flexibility index (Phi) is 5.12. The Morgan fingerprint density at radius 1 is 0.704 bits per heavy atom. The molecule has 0 N–H and O–H groups in total. The highest BCUT2D eigenvalue weighted by molar-refractivity contribution is 7.99. The molecule has 2 heterocycles. The van der Waals surface area contributed by atoms with Crippen LogP contribution in [0.15, 0.2) is 70.7 Å². The van der Waals surface area contributed by atoms with E-state index in [1.807, 2.05) is 62.6 Å². The molecule has 0 aliphatic rings. The second-order valence-corrected chi connectivity index (χ2v) is 7.03. The largest absolute Gasteiger partial charge is 0.494 e. The van der Waals surface area contributed by atoms with Crippen molar-refractivity contribution in [2.24, 2.45) is 0 Å². The Morgan fingerprint density at radius 2 is 1.19 bits per heavy atom. The Balaban J connectivity index is 1.73. The van der Waals surface area contributed by atoms with Crippen molar-refractivity contribution >= 4 is 33.6 Å². The van der Waals surface area contributed by atoms with Gasteiger partial charge >= 0.3 is 0 Å². The van der Waals surface area contributed by atoms with Crippen LogP contribution in [0.2, 0.25) is 0 Å². The number of pyridine rings is 2. The summed E-state index contributed by atoms with van der Waals surface area (Å²) in [6.45, 7) is 5.25. The van der Waals surface area contributed by atoms with Crippen molar-refractivity contribution in [3.63, 3.8) is 0 Å². The first kappa shape index (κ1) is 17.6. The van der Waals surface area contributed by atoms with Gasteiger partial charge in [0, 0.05) is 45.1 Å². The van der Waals surface area contributed by atoms with Gasteiger partial charge in [-0.05, 0) is 50.2 Å². The summed E-state index contributed by atoms with van der Waals surface area (Å²) >= 11 is 1.72. The molecule has 0 radical (unpaired) electrons. The second kappa shape index (κ2) is 7.84. The highest BCUT2D eigenvalue weighted by atomic mass is 32.2. The van der Waals surface area contributed by atoms with Gasteiger partial charge in [-0.3, -0.25) is 9.97 Å². The molecule has 0 spiro atoms. The minimum Gasteiger partial charge on any atom is -0.494 e. The van der Waals surface area contributed by atoms with Crippen molar-refractivity contribution in [3.8, 4) is 11.5 Å². The van der Waals surface area contributed by atoms with Crippen molar-refractivity contribution in [1.29, 1.82) is 0 Å². The standard InChI is InChI=1S/C22H20N2O2S/c1-3-25-15-5-7-17-19(13-15)23-11-9-21(17)27-22-10-12-24-20-14-16(26-4-2)6-8-18(20)22/h5-14H,3-4H2,1-2H3. The van der Waals surface area contributed by atoms with Gasteiger partial charge in [0.2, 0.25) is 0 Å². The van der Waals surface area contributed by atoms with Crippen LogP contribution in [-0.4, -0.2) is 23.2 Å². The molecule has 0 atom stereocenters. The molecule has 0 saturated carbocycles. The minimum atomic E-state index is 0.646. The highest BCUT2D eigenvalue weighted by Gasteiger charge is 2.09. The van der Waals surface area contributed by atoms with Gasteiger partial charge in [0.25, 0.3) is 0 Å². The van der Waals surface area contributed by atoms with Gasteiger partial charge in [0.1, 0.15) is 11.5 Å². The molecule has 4 rings (SSSR count). The lowest BCUT2D eigenvalue weighted by atomic mass is 10.2. The number of hydrogen-bond donors (Lipinski definition) is 0. The average Bonchev–Trinajstić information content (AvgIpc) is 2.69. The van der Waals surface area contributed by atoms with E-state index in [4.69, 9.17) is 9.47 Å². The molecule has 0 amide bonds. The molecule has 0 fully saturated rings. The Bertz CT molecular complexity index is 1010. The first-order chi connectivity index (χ1) is 13.3. The third-order valence-electron chi connectivity index (χ3n) is 4.19. The van der Waals surface area contributed by atoms with Crippen molar-refractivity contribution in [3.05, 3.63) is 60.9 Å². The third kappa shape index (κ3) is 3.69. The predicted molar refractivity (Wildman–Crippen MR) is 110 cm³/mol. The summed E-state index contributed by atoms with van der Waals surface area (Å²) < 4.78 is 11.2. The van der Waals surface area contributed by atoms with Gasteiger partial charge in [-0.2, -0.15) is 0 Å². The van der Waals surface area contributed by atoms with Crippen molar-refractivity contribution < 1.29 is 9.47 Å². The Hall–Kier alpha value is -2.79. The lowest BCUT2D eigenvalue weighted by Gasteiger charge is -2.10. The van der Waals surface area contributed by atoms with Crippen LogP contribution in [0.25, 0.3) is 21.8 Å². The molecule has 4 nitrogen and oxygen atoms in total. The maximum Gasteiger partial charge on any atom is 0.121 e. The molecular formula is C22H20N2O2S. The summed E-state index contributed by atoms with van der Waals surface area (Å²) in [7, 11) is 0. The summed E-state index contributed by atoms with van der Waals surface area (Å²) in [6, 6.07) is 16.2. The van der Waals surface area contributed by atoms with Crippen LogP contribution in [0.5, 0.6) is 11.5 Å². The molecule has 2 aromatic carbocycles. The van der Waals surface area contributed by atoms with Gasteiger partial charge in [-0.15, -0.1) is 0 Å². The SMILES string of the molecule is CCOc1ccc2c(Sc3ccnc4cc(OCC)ccc34)ccnc2c1. The normalized spacial score (nSPS) is 11.0. The van der Waals surface area contributed by atoms with E-state index in [0.717, 1.165) is 43.1 Å². The predicted octanol–water partition coefficient (Wildman–Crippen LogP) is 5.73. The molecule has 0 aliphatic heterocycles. The molecule has 2 aromatic heterocycles. The number of nitrogens with zero attached hydrogens (tertiary/aromatic N) is 2. The summed E-state index contributed by atoms with van der Waals surface area (Å²) in [5.41, 5.74) is 1.87. The highest BCUT2D eigenvalue weighted by Crippen LogP contribution is 2.37. The van der Waals surface area contributed by atoms with E-state index in [2.05, 4.69) is 22.1 Å². The van der Waals surface area contributed by atoms with Crippen LogP contribution in [0.4, 0.5) is 0 Å². The van der Waals surface area contributed by atoms with Gasteiger partial charge in [-0.25, -0.2) is 0 Å². The van der Waals surface area contributed by atoms with Crippen LogP contribution >= 0.6 is 11.8 Å². The van der Waals surface area contributed by atoms with E-state index in [0.29, 0.717) is 13.2 Å². The van der Waals surface area contributed by atoms with Crippen LogP contribution in [-0.2, 0) is 0 Å². The number of benzene rings is 2. The zero-order chi connectivity index (χ0) is 18.6. The first-order valence-corrected chi connectivity index (χ1v) is 9.81. The number of hydrogen-bond acceptors (Lipinski definition) is 5. The zero-order valence-corrected chi connectivity index (χ0v) is 16.1. The van der Waals surface area contributed by atoms with Crippen LogP contribution in [0.3, 0.4) is 0 Å². The molecule has 0 bridgehead atoms. The molecule has 5 heteroatoms. The number of ether oxygens (including phenoxy) is 2. The number of aromatic nitrogens is 2. The third-order valence-corrected chi connectivity index (χ3v) is 5.34. The Labute approximate surface area is 162 Å². The minimum absolute atomic E-state index is 0.646. The lowest BCUT2D eigenvalue weighted by molar-refractivity contribution is 0.340. The van der Waals surface area contributed by atoms with Crippen LogP contribution < -0.4 is 9.47 Å².